The number of nitrogens with one attached hydrogen (secondary N) is 1. The topological polar surface area (TPSA) is 67.6 Å². The van der Waals surface area contributed by atoms with Crippen molar-refractivity contribution in [1.82, 2.24) is 15.2 Å². The molecule has 2 rings (SSSR count). The summed E-state index contributed by atoms with van der Waals surface area (Å²) in [7, 11) is 0. The third kappa shape index (κ3) is 1.48. The normalized spacial score (nSPS) is 18.2. The molecule has 0 unspecified atom stereocenters. The summed E-state index contributed by atoms with van der Waals surface area (Å²) in [6, 6.07) is 0. The maximum atomic E-state index is 5.37. The van der Waals surface area contributed by atoms with Crippen LogP contribution in [0.5, 0.6) is 0 Å². The lowest BCUT2D eigenvalue weighted by atomic mass is 10.0. The van der Waals surface area contributed by atoms with Crippen LogP contribution in [0.15, 0.2) is 5.16 Å². The number of nitrogens with zero attached hydrogens (tertiary/aromatic N) is 2. The quantitative estimate of drug-likeness (QED) is 0.695. The minimum Gasteiger partial charge on any atom is -0.368 e. The largest absolute Gasteiger partial charge is 0.368 e. The molecule has 60 valence electrons. The summed E-state index contributed by atoms with van der Waals surface area (Å²) in [6.07, 6.45) is 3.93. The number of aromatic nitrogens is 3. The van der Waals surface area contributed by atoms with E-state index >= 15 is 0 Å². The van der Waals surface area contributed by atoms with Crippen LogP contribution in [0.4, 0.5) is 5.95 Å². The van der Waals surface area contributed by atoms with Gasteiger partial charge in [0.05, 0.1) is 0 Å². The van der Waals surface area contributed by atoms with Gasteiger partial charge in [0.1, 0.15) is 0 Å². The molecule has 0 spiro atoms. The van der Waals surface area contributed by atoms with Crippen LogP contribution in [-0.4, -0.2) is 20.4 Å². The van der Waals surface area contributed by atoms with Crippen LogP contribution < -0.4 is 5.73 Å². The Bertz CT molecular complexity index is 242. The maximum Gasteiger partial charge on any atom is 0.216 e. The van der Waals surface area contributed by atoms with E-state index in [9.17, 15) is 0 Å². The molecule has 0 aliphatic heterocycles. The molecule has 3 N–H and O–H groups in total. The van der Waals surface area contributed by atoms with E-state index in [0.717, 1.165) is 10.4 Å². The van der Waals surface area contributed by atoms with Gasteiger partial charge in [-0.3, -0.25) is 0 Å². The fourth-order valence-corrected chi connectivity index (χ4v) is 2.07. The Morgan fingerprint density at radius 1 is 1.55 bits per heavy atom. The Morgan fingerprint density at radius 2 is 2.36 bits per heavy atom. The van der Waals surface area contributed by atoms with Crippen LogP contribution in [0.3, 0.4) is 0 Å². The number of rotatable bonds is 2. The first-order chi connectivity index (χ1) is 5.34. The lowest BCUT2D eigenvalue weighted by molar-refractivity contribution is 0.521. The minimum atomic E-state index is 0.409. The van der Waals surface area contributed by atoms with E-state index in [1.807, 2.05) is 0 Å². The van der Waals surface area contributed by atoms with E-state index in [1.54, 1.807) is 11.8 Å². The smallest absolute Gasteiger partial charge is 0.216 e. The number of H-pyrrole nitrogens is 1. The number of hydrogen-bond donors (Lipinski definition) is 2. The predicted octanol–water partition coefficient (Wildman–Crippen LogP) is 1.03. The van der Waals surface area contributed by atoms with Crippen molar-refractivity contribution in [1.29, 1.82) is 0 Å². The van der Waals surface area contributed by atoms with E-state index < -0.39 is 0 Å². The second-order valence-corrected chi connectivity index (χ2v) is 3.94. The monoisotopic (exact) mass is 170 g/mol. The predicted molar refractivity (Wildman–Crippen MR) is 44.3 cm³/mol. The molecule has 1 aromatic heterocycles. The van der Waals surface area contributed by atoms with Gasteiger partial charge in [-0.15, -0.1) is 5.10 Å². The average molecular weight is 170 g/mol. The van der Waals surface area contributed by atoms with Crippen molar-refractivity contribution >= 4 is 17.7 Å². The van der Waals surface area contributed by atoms with E-state index in [-0.39, 0.29) is 0 Å². The summed E-state index contributed by atoms with van der Waals surface area (Å²) < 4.78 is 0. The van der Waals surface area contributed by atoms with Gasteiger partial charge in [0.25, 0.3) is 0 Å². The van der Waals surface area contributed by atoms with Crippen LogP contribution in [0.1, 0.15) is 19.3 Å². The van der Waals surface area contributed by atoms with Crippen molar-refractivity contribution in [2.75, 3.05) is 5.73 Å². The Hall–Kier alpha value is -0.710. The lowest BCUT2D eigenvalue weighted by Gasteiger charge is -2.22. The van der Waals surface area contributed by atoms with Gasteiger partial charge < -0.3 is 5.73 Å². The molecule has 5 heteroatoms. The SMILES string of the molecule is Nc1nc(SC2CCC2)n[nH]1. The van der Waals surface area contributed by atoms with Gasteiger partial charge in [-0.25, -0.2) is 5.10 Å². The van der Waals surface area contributed by atoms with Crippen LogP contribution in [-0.2, 0) is 0 Å². The van der Waals surface area contributed by atoms with Gasteiger partial charge in [0.2, 0.25) is 11.1 Å². The van der Waals surface area contributed by atoms with Gasteiger partial charge in [-0.1, -0.05) is 18.2 Å². The molecule has 1 aliphatic rings. The maximum absolute atomic E-state index is 5.37. The first-order valence-corrected chi connectivity index (χ1v) is 4.57. The zero-order valence-electron chi connectivity index (χ0n) is 6.08. The Labute approximate surface area is 69.0 Å². The van der Waals surface area contributed by atoms with Crippen LogP contribution >= 0.6 is 11.8 Å². The first-order valence-electron chi connectivity index (χ1n) is 3.69. The highest BCUT2D eigenvalue weighted by Gasteiger charge is 2.20. The molecule has 0 amide bonds. The molecule has 1 aromatic rings. The zero-order valence-corrected chi connectivity index (χ0v) is 6.90. The van der Waals surface area contributed by atoms with Crippen molar-refractivity contribution in [3.05, 3.63) is 0 Å². The molecule has 4 nitrogen and oxygen atoms in total. The van der Waals surface area contributed by atoms with E-state index in [0.29, 0.717) is 5.95 Å². The molecule has 1 heterocycles. The Balaban J connectivity index is 1.95. The standard InChI is InChI=1S/C6H10N4S/c7-5-8-6(10-9-5)11-4-2-1-3-4/h4H,1-3H2,(H3,7,8,9,10). The molecule has 11 heavy (non-hydrogen) atoms. The van der Waals surface area contributed by atoms with Gasteiger partial charge >= 0.3 is 0 Å². The third-order valence-electron chi connectivity index (χ3n) is 1.81. The summed E-state index contributed by atoms with van der Waals surface area (Å²) in [5.74, 6) is 0.409. The zero-order chi connectivity index (χ0) is 7.68. The molecule has 0 aromatic carbocycles. The highest BCUT2D eigenvalue weighted by Crippen LogP contribution is 2.34. The van der Waals surface area contributed by atoms with E-state index in [2.05, 4.69) is 15.2 Å². The van der Waals surface area contributed by atoms with E-state index in [4.69, 9.17) is 5.73 Å². The number of nitrogens with two attached hydrogens (primary N) is 1. The van der Waals surface area contributed by atoms with Crippen molar-refractivity contribution in [2.24, 2.45) is 0 Å². The average Bonchev–Trinajstić information content (AvgIpc) is 2.27. The first kappa shape index (κ1) is 6.97. The van der Waals surface area contributed by atoms with E-state index in [1.165, 1.54) is 19.3 Å². The van der Waals surface area contributed by atoms with Gasteiger partial charge in [0, 0.05) is 5.25 Å². The Kier molecular flexibility index (Phi) is 1.73. The molecule has 0 bridgehead atoms. The second-order valence-electron chi connectivity index (χ2n) is 2.67. The number of nitrogen functional groups attached to an aromatic ring is 1. The molecule has 0 atom stereocenters. The summed E-state index contributed by atoms with van der Waals surface area (Å²) in [4.78, 5) is 4.01. The number of hydrogen-bond acceptors (Lipinski definition) is 4. The fraction of sp³-hybridized carbons (Fsp3) is 0.667. The summed E-state index contributed by atoms with van der Waals surface area (Å²) in [5, 5.41) is 8.07. The van der Waals surface area contributed by atoms with Crippen LogP contribution in [0, 0.1) is 0 Å². The molecule has 1 aliphatic carbocycles. The fourth-order valence-electron chi connectivity index (χ4n) is 0.949. The Morgan fingerprint density at radius 3 is 2.82 bits per heavy atom. The highest BCUT2D eigenvalue weighted by atomic mass is 32.2. The molecule has 1 saturated carbocycles. The van der Waals surface area contributed by atoms with Crippen LogP contribution in [0.2, 0.25) is 0 Å². The minimum absolute atomic E-state index is 0.409. The molecule has 0 radical (unpaired) electrons. The number of aromatic amines is 1. The summed E-state index contributed by atoms with van der Waals surface area (Å²) in [5.41, 5.74) is 5.37. The number of thioether (sulfide) groups is 1. The van der Waals surface area contributed by atoms with Crippen molar-refractivity contribution in [3.63, 3.8) is 0 Å². The van der Waals surface area contributed by atoms with Gasteiger partial charge in [-0.05, 0) is 12.8 Å². The highest BCUT2D eigenvalue weighted by molar-refractivity contribution is 7.99. The second kappa shape index (κ2) is 2.73. The summed E-state index contributed by atoms with van der Waals surface area (Å²) >= 11 is 1.72. The van der Waals surface area contributed by atoms with Crippen molar-refractivity contribution in [3.8, 4) is 0 Å². The molecule has 0 saturated heterocycles. The number of anilines is 1. The summed E-state index contributed by atoms with van der Waals surface area (Å²) in [6.45, 7) is 0. The van der Waals surface area contributed by atoms with Crippen molar-refractivity contribution in [2.45, 2.75) is 29.7 Å². The molecular formula is C6H10N4S. The van der Waals surface area contributed by atoms with Gasteiger partial charge in [-0.2, -0.15) is 4.98 Å². The van der Waals surface area contributed by atoms with Crippen LogP contribution in [0.25, 0.3) is 0 Å². The molecule has 1 fully saturated rings. The third-order valence-corrected chi connectivity index (χ3v) is 3.00. The van der Waals surface area contributed by atoms with Gasteiger partial charge in [0.15, 0.2) is 0 Å². The van der Waals surface area contributed by atoms with Crippen molar-refractivity contribution < 1.29 is 0 Å². The molecular weight excluding hydrogens is 160 g/mol. The lowest BCUT2D eigenvalue weighted by Crippen LogP contribution is -2.12.